The van der Waals surface area contributed by atoms with Crippen LogP contribution in [0.3, 0.4) is 0 Å². The molecule has 2 aromatic carbocycles. The average Bonchev–Trinajstić information content (AvgIpc) is 2.61. The molecule has 162 valence electrons. The van der Waals surface area contributed by atoms with Crippen molar-refractivity contribution in [2.24, 2.45) is 0 Å². The summed E-state index contributed by atoms with van der Waals surface area (Å²) >= 11 is 0. The van der Waals surface area contributed by atoms with E-state index in [1.807, 2.05) is 0 Å². The minimum atomic E-state index is -0.728. The minimum absolute atomic E-state index is 0.0673. The Kier molecular flexibility index (Phi) is 7.62. The molecule has 0 N–H and O–H groups in total. The van der Waals surface area contributed by atoms with E-state index < -0.39 is 29.7 Å². The lowest BCUT2D eigenvalue weighted by molar-refractivity contribution is -0.133. The van der Waals surface area contributed by atoms with Crippen molar-refractivity contribution in [1.82, 2.24) is 0 Å². The Morgan fingerprint density at radius 1 is 0.613 bits per heavy atom. The van der Waals surface area contributed by atoms with Crippen molar-refractivity contribution >= 4 is 29.7 Å². The van der Waals surface area contributed by atoms with Crippen LogP contribution in [0.15, 0.2) is 36.4 Å². The number of Topliss-reactive ketones (excluding diaryl/α,β-unsaturated/α-hetero) is 1. The SMILES string of the molecule is CC(=O)Oc1ccc(CC(=O)c2c(OC(C)=O)cc(OC(C)=O)cc2OC(C)=O)cc1. The topological polar surface area (TPSA) is 122 Å². The molecule has 0 heterocycles. The van der Waals surface area contributed by atoms with Gasteiger partial charge in [-0.2, -0.15) is 0 Å². The summed E-state index contributed by atoms with van der Waals surface area (Å²) in [4.78, 5) is 58.5. The first-order valence-corrected chi connectivity index (χ1v) is 9.09. The van der Waals surface area contributed by atoms with Gasteiger partial charge in [0.15, 0.2) is 5.78 Å². The molecule has 0 aliphatic carbocycles. The lowest BCUT2D eigenvalue weighted by Gasteiger charge is -2.15. The molecule has 0 spiro atoms. The van der Waals surface area contributed by atoms with Gasteiger partial charge in [-0.3, -0.25) is 24.0 Å². The van der Waals surface area contributed by atoms with Crippen LogP contribution in [-0.4, -0.2) is 29.7 Å². The maximum atomic E-state index is 13.0. The summed E-state index contributed by atoms with van der Waals surface area (Å²) in [7, 11) is 0. The summed E-state index contributed by atoms with van der Waals surface area (Å²) in [5.74, 6) is -3.31. The number of hydrogen-bond acceptors (Lipinski definition) is 9. The second kappa shape index (κ2) is 10.1. The highest BCUT2D eigenvalue weighted by Gasteiger charge is 2.24. The van der Waals surface area contributed by atoms with Crippen molar-refractivity contribution in [3.05, 3.63) is 47.5 Å². The van der Waals surface area contributed by atoms with Gasteiger partial charge in [0.2, 0.25) is 0 Å². The van der Waals surface area contributed by atoms with Gasteiger partial charge in [0.05, 0.1) is 0 Å². The monoisotopic (exact) mass is 428 g/mol. The molecule has 0 fully saturated rings. The first-order chi connectivity index (χ1) is 14.5. The number of rotatable bonds is 7. The molecule has 0 bridgehead atoms. The Morgan fingerprint density at radius 2 is 1.03 bits per heavy atom. The maximum absolute atomic E-state index is 13.0. The Labute approximate surface area is 177 Å². The van der Waals surface area contributed by atoms with E-state index in [1.54, 1.807) is 12.1 Å². The van der Waals surface area contributed by atoms with Crippen molar-refractivity contribution in [3.8, 4) is 23.0 Å². The lowest BCUT2D eigenvalue weighted by Crippen LogP contribution is -2.14. The van der Waals surface area contributed by atoms with E-state index in [4.69, 9.17) is 18.9 Å². The normalized spacial score (nSPS) is 10.1. The van der Waals surface area contributed by atoms with E-state index in [-0.39, 0.29) is 29.2 Å². The molecule has 0 aliphatic heterocycles. The van der Waals surface area contributed by atoms with Crippen LogP contribution in [0.4, 0.5) is 0 Å². The third-order valence-electron chi connectivity index (χ3n) is 3.64. The number of ketones is 1. The fourth-order valence-corrected chi connectivity index (χ4v) is 2.65. The number of hydrogen-bond donors (Lipinski definition) is 0. The van der Waals surface area contributed by atoms with Gasteiger partial charge in [0.1, 0.15) is 28.6 Å². The van der Waals surface area contributed by atoms with Crippen LogP contribution in [0.2, 0.25) is 0 Å². The Hall–Kier alpha value is -4.01. The van der Waals surface area contributed by atoms with Crippen molar-refractivity contribution in [1.29, 1.82) is 0 Å². The van der Waals surface area contributed by atoms with Gasteiger partial charge in [0, 0.05) is 46.2 Å². The van der Waals surface area contributed by atoms with Crippen molar-refractivity contribution in [3.63, 3.8) is 0 Å². The van der Waals surface area contributed by atoms with E-state index in [9.17, 15) is 24.0 Å². The molecule has 2 rings (SSSR count). The van der Waals surface area contributed by atoms with Gasteiger partial charge in [-0.25, -0.2) is 0 Å². The highest BCUT2D eigenvalue weighted by Crippen LogP contribution is 2.36. The molecule has 9 nitrogen and oxygen atoms in total. The first kappa shape index (κ1) is 23.3. The quantitative estimate of drug-likeness (QED) is 0.372. The predicted molar refractivity (Wildman–Crippen MR) is 106 cm³/mol. The zero-order valence-corrected chi connectivity index (χ0v) is 17.3. The third-order valence-corrected chi connectivity index (χ3v) is 3.64. The second-order valence-electron chi connectivity index (χ2n) is 6.41. The van der Waals surface area contributed by atoms with Crippen LogP contribution in [0.5, 0.6) is 23.0 Å². The summed E-state index contributed by atoms with van der Waals surface area (Å²) in [6, 6.07) is 8.59. The Morgan fingerprint density at radius 3 is 1.45 bits per heavy atom. The molecule has 0 amide bonds. The van der Waals surface area contributed by atoms with E-state index in [0.717, 1.165) is 20.8 Å². The molecule has 9 heteroatoms. The third kappa shape index (κ3) is 7.07. The highest BCUT2D eigenvalue weighted by atomic mass is 16.6. The van der Waals surface area contributed by atoms with Crippen LogP contribution < -0.4 is 18.9 Å². The molecule has 31 heavy (non-hydrogen) atoms. The summed E-state index contributed by atoms with van der Waals surface area (Å²) in [5.41, 5.74) is 0.401. The molecule has 0 saturated heterocycles. The predicted octanol–water partition coefficient (Wildman–Crippen LogP) is 2.81. The first-order valence-electron chi connectivity index (χ1n) is 9.09. The maximum Gasteiger partial charge on any atom is 0.308 e. The molecular formula is C22H20O9. The van der Waals surface area contributed by atoms with E-state index in [0.29, 0.717) is 11.3 Å². The molecule has 0 atom stereocenters. The van der Waals surface area contributed by atoms with Gasteiger partial charge in [-0.05, 0) is 17.7 Å². The standard InChI is InChI=1S/C22H20O9/c1-12(23)28-17-7-5-16(6-8-17)9-19(27)22-20(30-14(3)25)10-18(29-13(2)24)11-21(22)31-15(4)26/h5-8,10-11H,9H2,1-4H3. The molecule has 2 aromatic rings. The van der Waals surface area contributed by atoms with Crippen LogP contribution in [0.1, 0.15) is 43.6 Å². The zero-order valence-electron chi connectivity index (χ0n) is 17.3. The van der Waals surface area contributed by atoms with Gasteiger partial charge >= 0.3 is 23.9 Å². The van der Waals surface area contributed by atoms with Crippen molar-refractivity contribution in [2.75, 3.05) is 0 Å². The zero-order chi connectivity index (χ0) is 23.1. The average molecular weight is 428 g/mol. The number of esters is 4. The molecule has 0 radical (unpaired) electrons. The van der Waals surface area contributed by atoms with E-state index >= 15 is 0 Å². The van der Waals surface area contributed by atoms with Crippen molar-refractivity contribution < 1.29 is 42.9 Å². The van der Waals surface area contributed by atoms with Crippen LogP contribution in [0.25, 0.3) is 0 Å². The largest absolute Gasteiger partial charge is 0.427 e. The molecule has 0 aromatic heterocycles. The number of benzene rings is 2. The Bertz CT molecular complexity index is 998. The number of carbonyl (C=O) groups is 5. The van der Waals surface area contributed by atoms with Gasteiger partial charge in [0.25, 0.3) is 0 Å². The highest BCUT2D eigenvalue weighted by molar-refractivity contribution is 6.04. The fourth-order valence-electron chi connectivity index (χ4n) is 2.65. The Balaban J connectivity index is 2.45. The van der Waals surface area contributed by atoms with Gasteiger partial charge in [-0.15, -0.1) is 0 Å². The molecule has 0 aliphatic rings. The summed E-state index contributed by atoms with van der Waals surface area (Å²) in [5, 5.41) is 0. The summed E-state index contributed by atoms with van der Waals surface area (Å²) < 4.78 is 20.2. The van der Waals surface area contributed by atoms with Gasteiger partial charge in [-0.1, -0.05) is 12.1 Å². The lowest BCUT2D eigenvalue weighted by atomic mass is 10.0. The van der Waals surface area contributed by atoms with E-state index in [2.05, 4.69) is 0 Å². The van der Waals surface area contributed by atoms with E-state index in [1.165, 1.54) is 31.2 Å². The van der Waals surface area contributed by atoms with Crippen LogP contribution in [-0.2, 0) is 25.6 Å². The van der Waals surface area contributed by atoms with Crippen LogP contribution >= 0.6 is 0 Å². The second-order valence-corrected chi connectivity index (χ2v) is 6.41. The number of ether oxygens (including phenoxy) is 4. The smallest absolute Gasteiger partial charge is 0.308 e. The minimum Gasteiger partial charge on any atom is -0.427 e. The van der Waals surface area contributed by atoms with Crippen molar-refractivity contribution in [2.45, 2.75) is 34.1 Å². The summed E-state index contributed by atoms with van der Waals surface area (Å²) in [6.07, 6.45) is -0.143. The number of carbonyl (C=O) groups excluding carboxylic acids is 5. The molecule has 0 unspecified atom stereocenters. The van der Waals surface area contributed by atoms with Crippen LogP contribution in [0, 0.1) is 0 Å². The summed E-state index contributed by atoms with van der Waals surface area (Å²) in [6.45, 7) is 4.69. The van der Waals surface area contributed by atoms with Gasteiger partial charge < -0.3 is 18.9 Å². The fraction of sp³-hybridized carbons (Fsp3) is 0.227. The molecular weight excluding hydrogens is 408 g/mol. The molecule has 0 saturated carbocycles.